The van der Waals surface area contributed by atoms with Crippen molar-refractivity contribution in [2.75, 3.05) is 13.1 Å². The molecule has 2 heterocycles. The fraction of sp³-hybridized carbons (Fsp3) is 0.375. The van der Waals surface area contributed by atoms with E-state index in [2.05, 4.69) is 17.2 Å². The Morgan fingerprint density at radius 2 is 2.16 bits per heavy atom. The lowest BCUT2D eigenvalue weighted by atomic mass is 9.83. The lowest BCUT2D eigenvalue weighted by molar-refractivity contribution is -0.126. The SMILES string of the molecule is CC1(C(=O)Cc2ccc3ccccc3n2)CCNC1. The van der Waals surface area contributed by atoms with E-state index in [4.69, 9.17) is 0 Å². The monoisotopic (exact) mass is 254 g/mol. The normalized spacial score (nSPS) is 22.8. The van der Waals surface area contributed by atoms with Crippen LogP contribution in [-0.4, -0.2) is 23.9 Å². The maximum absolute atomic E-state index is 12.4. The van der Waals surface area contributed by atoms with Crippen LogP contribution in [0.5, 0.6) is 0 Å². The molecule has 0 spiro atoms. The van der Waals surface area contributed by atoms with E-state index in [0.29, 0.717) is 12.2 Å². The van der Waals surface area contributed by atoms with Crippen LogP contribution in [0.2, 0.25) is 0 Å². The number of hydrogen-bond acceptors (Lipinski definition) is 3. The summed E-state index contributed by atoms with van der Waals surface area (Å²) >= 11 is 0. The molecule has 3 rings (SSSR count). The summed E-state index contributed by atoms with van der Waals surface area (Å²) in [4.78, 5) is 17.0. The molecule has 1 unspecified atom stereocenters. The van der Waals surface area contributed by atoms with Gasteiger partial charge >= 0.3 is 0 Å². The predicted molar refractivity (Wildman–Crippen MR) is 76.0 cm³/mol. The van der Waals surface area contributed by atoms with Gasteiger partial charge in [0.15, 0.2) is 0 Å². The van der Waals surface area contributed by atoms with Gasteiger partial charge in [0.2, 0.25) is 0 Å². The molecule has 1 fully saturated rings. The minimum absolute atomic E-state index is 0.215. The zero-order chi connectivity index (χ0) is 13.3. The summed E-state index contributed by atoms with van der Waals surface area (Å²) in [6.45, 7) is 3.78. The quantitative estimate of drug-likeness (QED) is 0.914. The predicted octanol–water partition coefficient (Wildman–Crippen LogP) is 2.35. The molecule has 3 heteroatoms. The third kappa shape index (κ3) is 2.38. The van der Waals surface area contributed by atoms with Crippen molar-refractivity contribution < 1.29 is 4.79 Å². The van der Waals surface area contributed by atoms with E-state index in [9.17, 15) is 4.79 Å². The molecular formula is C16H18N2O. The first-order chi connectivity index (χ1) is 9.17. The Balaban J connectivity index is 1.83. The molecule has 98 valence electrons. The fourth-order valence-corrected chi connectivity index (χ4v) is 2.64. The van der Waals surface area contributed by atoms with Gasteiger partial charge in [-0.1, -0.05) is 31.2 Å². The molecule has 3 nitrogen and oxygen atoms in total. The van der Waals surface area contributed by atoms with Crippen molar-refractivity contribution in [1.29, 1.82) is 0 Å². The van der Waals surface area contributed by atoms with Crippen molar-refractivity contribution in [3.63, 3.8) is 0 Å². The third-order valence-corrected chi connectivity index (χ3v) is 4.04. The summed E-state index contributed by atoms with van der Waals surface area (Å²) in [5.41, 5.74) is 1.62. The highest BCUT2D eigenvalue weighted by molar-refractivity contribution is 5.87. The van der Waals surface area contributed by atoms with Crippen molar-refractivity contribution in [2.24, 2.45) is 5.41 Å². The van der Waals surface area contributed by atoms with Crippen LogP contribution in [0.25, 0.3) is 10.9 Å². The Kier molecular flexibility index (Phi) is 3.07. The van der Waals surface area contributed by atoms with Crippen molar-refractivity contribution in [1.82, 2.24) is 10.3 Å². The average molecular weight is 254 g/mol. The van der Waals surface area contributed by atoms with Gasteiger partial charge in [-0.3, -0.25) is 9.78 Å². The van der Waals surface area contributed by atoms with E-state index in [1.807, 2.05) is 36.4 Å². The maximum Gasteiger partial charge on any atom is 0.146 e. The number of nitrogens with one attached hydrogen (secondary N) is 1. The van der Waals surface area contributed by atoms with Crippen LogP contribution in [0.15, 0.2) is 36.4 Å². The van der Waals surface area contributed by atoms with Gasteiger partial charge in [0, 0.05) is 29.5 Å². The van der Waals surface area contributed by atoms with Gasteiger partial charge in [-0.05, 0) is 25.1 Å². The van der Waals surface area contributed by atoms with Gasteiger partial charge in [-0.15, -0.1) is 0 Å². The summed E-state index contributed by atoms with van der Waals surface area (Å²) < 4.78 is 0. The summed E-state index contributed by atoms with van der Waals surface area (Å²) in [6, 6.07) is 12.0. The average Bonchev–Trinajstić information content (AvgIpc) is 2.87. The number of hydrogen-bond donors (Lipinski definition) is 1. The molecule has 2 aromatic rings. The minimum atomic E-state index is -0.215. The standard InChI is InChI=1S/C16H18N2O/c1-16(8-9-17-11-16)15(19)10-13-7-6-12-4-2-3-5-14(12)18-13/h2-7,17H,8-11H2,1H3. The highest BCUT2D eigenvalue weighted by Crippen LogP contribution is 2.27. The summed E-state index contributed by atoms with van der Waals surface area (Å²) in [5.74, 6) is 0.292. The van der Waals surface area contributed by atoms with Crippen LogP contribution in [0.1, 0.15) is 19.0 Å². The molecule has 1 aromatic heterocycles. The molecule has 19 heavy (non-hydrogen) atoms. The molecule has 1 aliphatic heterocycles. The molecule has 1 saturated heterocycles. The molecule has 0 saturated carbocycles. The van der Waals surface area contributed by atoms with E-state index >= 15 is 0 Å². The highest BCUT2D eigenvalue weighted by atomic mass is 16.1. The van der Waals surface area contributed by atoms with Gasteiger partial charge in [0.05, 0.1) is 5.52 Å². The number of para-hydroxylation sites is 1. The van der Waals surface area contributed by atoms with Gasteiger partial charge in [0.1, 0.15) is 5.78 Å². The van der Waals surface area contributed by atoms with E-state index < -0.39 is 0 Å². The Morgan fingerprint density at radius 1 is 1.32 bits per heavy atom. The molecule has 0 bridgehead atoms. The second-order valence-electron chi connectivity index (χ2n) is 5.58. The van der Waals surface area contributed by atoms with Crippen molar-refractivity contribution in [3.05, 3.63) is 42.1 Å². The number of nitrogens with zero attached hydrogens (tertiary/aromatic N) is 1. The van der Waals surface area contributed by atoms with Crippen LogP contribution in [0.4, 0.5) is 0 Å². The molecule has 1 atom stereocenters. The van der Waals surface area contributed by atoms with E-state index in [1.165, 1.54) is 0 Å². The van der Waals surface area contributed by atoms with Crippen molar-refractivity contribution >= 4 is 16.7 Å². The molecular weight excluding hydrogens is 236 g/mol. The van der Waals surface area contributed by atoms with Crippen LogP contribution < -0.4 is 5.32 Å². The number of rotatable bonds is 3. The number of aromatic nitrogens is 1. The maximum atomic E-state index is 12.4. The van der Waals surface area contributed by atoms with Crippen LogP contribution in [0.3, 0.4) is 0 Å². The zero-order valence-corrected chi connectivity index (χ0v) is 11.1. The Morgan fingerprint density at radius 3 is 2.95 bits per heavy atom. The van der Waals surface area contributed by atoms with Crippen molar-refractivity contribution in [3.8, 4) is 0 Å². The topological polar surface area (TPSA) is 42.0 Å². The van der Waals surface area contributed by atoms with Crippen LogP contribution >= 0.6 is 0 Å². The number of carbonyl (C=O) groups excluding carboxylic acids is 1. The van der Waals surface area contributed by atoms with Gasteiger partial charge in [-0.25, -0.2) is 0 Å². The lowest BCUT2D eigenvalue weighted by Crippen LogP contribution is -2.31. The number of ketones is 1. The molecule has 0 aliphatic carbocycles. The number of pyridine rings is 1. The van der Waals surface area contributed by atoms with Gasteiger partial charge in [0.25, 0.3) is 0 Å². The Labute approximate surface area is 113 Å². The first kappa shape index (κ1) is 12.3. The smallest absolute Gasteiger partial charge is 0.146 e. The second kappa shape index (κ2) is 4.74. The fourth-order valence-electron chi connectivity index (χ4n) is 2.64. The Hall–Kier alpha value is -1.74. The summed E-state index contributed by atoms with van der Waals surface area (Å²) in [6.07, 6.45) is 1.36. The molecule has 0 radical (unpaired) electrons. The molecule has 1 aromatic carbocycles. The van der Waals surface area contributed by atoms with Crippen LogP contribution in [-0.2, 0) is 11.2 Å². The summed E-state index contributed by atoms with van der Waals surface area (Å²) in [5, 5.41) is 4.39. The summed E-state index contributed by atoms with van der Waals surface area (Å²) in [7, 11) is 0. The first-order valence-electron chi connectivity index (χ1n) is 6.76. The second-order valence-corrected chi connectivity index (χ2v) is 5.58. The largest absolute Gasteiger partial charge is 0.316 e. The molecule has 0 amide bonds. The van der Waals surface area contributed by atoms with E-state index in [-0.39, 0.29) is 5.41 Å². The first-order valence-corrected chi connectivity index (χ1v) is 6.76. The highest BCUT2D eigenvalue weighted by Gasteiger charge is 2.35. The van der Waals surface area contributed by atoms with Crippen LogP contribution in [0, 0.1) is 5.41 Å². The number of benzene rings is 1. The molecule has 1 aliphatic rings. The van der Waals surface area contributed by atoms with E-state index in [1.54, 1.807) is 0 Å². The zero-order valence-electron chi connectivity index (χ0n) is 11.1. The van der Waals surface area contributed by atoms with E-state index in [0.717, 1.165) is 36.1 Å². The third-order valence-electron chi connectivity index (χ3n) is 4.04. The molecule has 1 N–H and O–H groups in total. The van der Waals surface area contributed by atoms with Gasteiger partial charge in [-0.2, -0.15) is 0 Å². The minimum Gasteiger partial charge on any atom is -0.316 e. The lowest BCUT2D eigenvalue weighted by Gasteiger charge is -2.20. The number of carbonyl (C=O) groups is 1. The number of fused-ring (bicyclic) bond motifs is 1. The van der Waals surface area contributed by atoms with Gasteiger partial charge < -0.3 is 5.32 Å². The Bertz CT molecular complexity index is 615. The van der Waals surface area contributed by atoms with Crippen molar-refractivity contribution in [2.45, 2.75) is 19.8 Å². The number of Topliss-reactive ketones (excluding diaryl/α,β-unsaturated/α-hetero) is 1.